The van der Waals surface area contributed by atoms with Gasteiger partial charge in [-0.05, 0) is 47.5 Å². The van der Waals surface area contributed by atoms with Crippen LogP contribution < -0.4 is 5.43 Å². The molecule has 6 N–H and O–H groups in total. The number of benzene rings is 3. The van der Waals surface area contributed by atoms with Gasteiger partial charge >= 0.3 is 5.97 Å². The number of ether oxygens (including phenoxy) is 2. The van der Waals surface area contributed by atoms with Crippen molar-refractivity contribution in [1.82, 2.24) is 0 Å². The van der Waals surface area contributed by atoms with Crippen LogP contribution in [-0.2, 0) is 14.3 Å². The van der Waals surface area contributed by atoms with E-state index in [1.54, 1.807) is 30.3 Å². The van der Waals surface area contributed by atoms with Crippen LogP contribution in [0.25, 0.3) is 28.4 Å². The van der Waals surface area contributed by atoms with E-state index < -0.39 is 60.0 Å². The summed E-state index contributed by atoms with van der Waals surface area (Å²) in [6.45, 7) is -0.456. The number of rotatable bonds is 6. The van der Waals surface area contributed by atoms with Crippen LogP contribution in [0.15, 0.2) is 82.0 Å². The van der Waals surface area contributed by atoms with E-state index in [4.69, 9.17) is 13.9 Å². The maximum absolute atomic E-state index is 12.8. The van der Waals surface area contributed by atoms with Crippen LogP contribution in [-0.4, -0.2) is 67.6 Å². The summed E-state index contributed by atoms with van der Waals surface area (Å²) in [5, 5.41) is 61.6. The van der Waals surface area contributed by atoms with Gasteiger partial charge in [-0.2, -0.15) is 0 Å². The van der Waals surface area contributed by atoms with Crippen molar-refractivity contribution in [3.63, 3.8) is 0 Å². The molecule has 0 radical (unpaired) electrons. The number of aliphatic hydroxyl groups excluding tert-OH is 3. The zero-order valence-electron chi connectivity index (χ0n) is 21.3. The fourth-order valence-corrected chi connectivity index (χ4v) is 4.58. The highest BCUT2D eigenvalue weighted by Crippen LogP contribution is 2.38. The second kappa shape index (κ2) is 11.4. The van der Waals surface area contributed by atoms with Gasteiger partial charge in [0.2, 0.25) is 0 Å². The van der Waals surface area contributed by atoms with Crippen molar-refractivity contribution < 1.29 is 49.3 Å². The molecule has 1 aliphatic heterocycles. The number of aliphatic hydroxyl groups is 3. The first kappa shape index (κ1) is 27.9. The van der Waals surface area contributed by atoms with E-state index in [-0.39, 0.29) is 33.6 Å². The fraction of sp³-hybridized carbons (Fsp3) is 0.200. The summed E-state index contributed by atoms with van der Waals surface area (Å²) in [5.41, 5.74) is 0.430. The molecule has 1 aromatic heterocycles. The topological polar surface area (TPSA) is 187 Å². The van der Waals surface area contributed by atoms with E-state index >= 15 is 0 Å². The molecule has 3 aromatic carbocycles. The molecule has 1 aliphatic rings. The van der Waals surface area contributed by atoms with Gasteiger partial charge in [0.1, 0.15) is 59.6 Å². The van der Waals surface area contributed by atoms with E-state index in [1.807, 2.05) is 6.07 Å². The predicted octanol–water partition coefficient (Wildman–Crippen LogP) is 2.36. The molecular formula is C30H26O11. The summed E-state index contributed by atoms with van der Waals surface area (Å²) in [6, 6.07) is 16.4. The van der Waals surface area contributed by atoms with Crippen molar-refractivity contribution in [3.05, 3.63) is 94.2 Å². The van der Waals surface area contributed by atoms with Gasteiger partial charge in [-0.3, -0.25) is 4.79 Å². The summed E-state index contributed by atoms with van der Waals surface area (Å²) in [6.07, 6.45) is -4.79. The lowest BCUT2D eigenvalue weighted by Crippen LogP contribution is -2.55. The first-order valence-electron chi connectivity index (χ1n) is 12.5. The Bertz CT molecular complexity index is 1660. The zero-order valence-corrected chi connectivity index (χ0v) is 21.3. The van der Waals surface area contributed by atoms with Crippen molar-refractivity contribution in [2.75, 3.05) is 6.61 Å². The summed E-state index contributed by atoms with van der Waals surface area (Å²) in [5.74, 6) is -2.00. The largest absolute Gasteiger partial charge is 0.507 e. The first-order chi connectivity index (χ1) is 19.6. The van der Waals surface area contributed by atoms with Gasteiger partial charge in [-0.15, -0.1) is 0 Å². The Kier molecular flexibility index (Phi) is 7.77. The Labute approximate surface area is 232 Å². The summed E-state index contributed by atoms with van der Waals surface area (Å²) >= 11 is 0. The smallest absolute Gasteiger partial charge is 0.330 e. The molecule has 4 aromatic rings. The quantitative estimate of drug-likeness (QED) is 0.115. The number of aromatic hydroxyl groups is 3. The van der Waals surface area contributed by atoms with Gasteiger partial charge in [-0.25, -0.2) is 4.79 Å². The lowest BCUT2D eigenvalue weighted by molar-refractivity contribution is -0.234. The Morgan fingerprint density at radius 3 is 2.34 bits per heavy atom. The lowest BCUT2D eigenvalue weighted by atomic mass is 9.90. The van der Waals surface area contributed by atoms with Crippen LogP contribution in [0, 0.1) is 0 Å². The van der Waals surface area contributed by atoms with Crippen molar-refractivity contribution in [2.24, 2.45) is 0 Å². The molecule has 0 spiro atoms. The second-order valence-electron chi connectivity index (χ2n) is 9.53. The standard InChI is InChI=1S/C30H26O11/c31-18-8-7-16(10-19(18)32)22-13-21(34)26-20(33)11-17(12-23(26)40-22)30-29(38)28(37)27(36)24(41-30)14-39-25(35)9-6-15-4-2-1-3-5-15/h1-13,24,27-33,36-38H,14H2/b9-6+/t24-,27-,28+,29-,30+/m1/s1. The number of phenolic OH excluding ortho intramolecular Hbond substituents is 3. The van der Waals surface area contributed by atoms with Gasteiger partial charge in [0.25, 0.3) is 0 Å². The number of phenols is 3. The van der Waals surface area contributed by atoms with E-state index in [0.29, 0.717) is 0 Å². The fourth-order valence-electron chi connectivity index (χ4n) is 4.58. The zero-order chi connectivity index (χ0) is 29.3. The van der Waals surface area contributed by atoms with Crippen LogP contribution in [0.1, 0.15) is 17.2 Å². The maximum Gasteiger partial charge on any atom is 0.330 e. The molecule has 5 atom stereocenters. The summed E-state index contributed by atoms with van der Waals surface area (Å²) < 4.78 is 16.8. The number of esters is 1. The second-order valence-corrected chi connectivity index (χ2v) is 9.53. The molecule has 0 unspecified atom stereocenters. The molecule has 41 heavy (non-hydrogen) atoms. The molecule has 0 saturated carbocycles. The van der Waals surface area contributed by atoms with Crippen LogP contribution in [0.4, 0.5) is 0 Å². The maximum atomic E-state index is 12.8. The van der Waals surface area contributed by atoms with Gasteiger partial charge in [0, 0.05) is 17.7 Å². The molecule has 11 heteroatoms. The third-order valence-corrected chi connectivity index (χ3v) is 6.73. The Morgan fingerprint density at radius 1 is 0.854 bits per heavy atom. The van der Waals surface area contributed by atoms with Crippen molar-refractivity contribution in [3.8, 4) is 28.6 Å². The molecule has 212 valence electrons. The highest BCUT2D eigenvalue weighted by molar-refractivity contribution is 5.87. The highest BCUT2D eigenvalue weighted by atomic mass is 16.6. The van der Waals surface area contributed by atoms with Gasteiger partial charge in [0.15, 0.2) is 16.9 Å². The molecule has 0 amide bonds. The number of carbonyl (C=O) groups excluding carboxylic acids is 1. The van der Waals surface area contributed by atoms with Crippen molar-refractivity contribution >= 4 is 23.0 Å². The Balaban J connectivity index is 1.40. The van der Waals surface area contributed by atoms with Gasteiger partial charge in [-0.1, -0.05) is 30.3 Å². The molecule has 1 saturated heterocycles. The average molecular weight is 563 g/mol. The van der Waals surface area contributed by atoms with Crippen LogP contribution in [0.3, 0.4) is 0 Å². The molecule has 2 heterocycles. The number of fused-ring (bicyclic) bond motifs is 1. The predicted molar refractivity (Wildman–Crippen MR) is 145 cm³/mol. The van der Waals surface area contributed by atoms with Crippen molar-refractivity contribution in [1.29, 1.82) is 0 Å². The summed E-state index contributed by atoms with van der Waals surface area (Å²) in [7, 11) is 0. The number of hydrogen-bond acceptors (Lipinski definition) is 11. The minimum Gasteiger partial charge on any atom is -0.507 e. The number of hydrogen-bond donors (Lipinski definition) is 6. The van der Waals surface area contributed by atoms with Gasteiger partial charge < -0.3 is 44.5 Å². The average Bonchev–Trinajstić information content (AvgIpc) is 2.96. The SMILES string of the molecule is O=C(/C=C/c1ccccc1)OC[C@H]1O[C@@H](c2cc(O)c3c(=O)cc(-c4ccc(O)c(O)c4)oc3c2)[C@H](O)[C@@H](O)[C@@H]1O. The third-order valence-electron chi connectivity index (χ3n) is 6.73. The van der Waals surface area contributed by atoms with E-state index in [1.165, 1.54) is 30.3 Å². The molecule has 0 aliphatic carbocycles. The Hall–Kier alpha value is -4.68. The highest BCUT2D eigenvalue weighted by Gasteiger charge is 2.45. The van der Waals surface area contributed by atoms with Crippen LogP contribution in [0.5, 0.6) is 17.2 Å². The van der Waals surface area contributed by atoms with Crippen molar-refractivity contribution in [2.45, 2.75) is 30.5 Å². The molecular weight excluding hydrogens is 536 g/mol. The minimum absolute atomic E-state index is 0.0169. The lowest BCUT2D eigenvalue weighted by Gasteiger charge is -2.40. The monoisotopic (exact) mass is 562 g/mol. The van der Waals surface area contributed by atoms with Gasteiger partial charge in [0.05, 0.1) is 0 Å². The first-order valence-corrected chi connectivity index (χ1v) is 12.5. The third kappa shape index (κ3) is 5.79. The summed E-state index contributed by atoms with van der Waals surface area (Å²) in [4.78, 5) is 25.0. The van der Waals surface area contributed by atoms with Crippen LogP contribution >= 0.6 is 0 Å². The van der Waals surface area contributed by atoms with Crippen LogP contribution in [0.2, 0.25) is 0 Å². The number of carbonyl (C=O) groups is 1. The van der Waals surface area contributed by atoms with E-state index in [9.17, 15) is 40.2 Å². The normalized spacial score (nSPS) is 22.7. The van der Waals surface area contributed by atoms with E-state index in [0.717, 1.165) is 17.7 Å². The molecule has 0 bridgehead atoms. The van der Waals surface area contributed by atoms with E-state index in [2.05, 4.69) is 0 Å². The molecule has 11 nitrogen and oxygen atoms in total. The molecule has 1 fully saturated rings. The minimum atomic E-state index is -1.70. The molecule has 5 rings (SSSR count). The Morgan fingerprint density at radius 2 is 1.61 bits per heavy atom.